The van der Waals surface area contributed by atoms with Crippen molar-refractivity contribution in [1.29, 1.82) is 0 Å². The van der Waals surface area contributed by atoms with E-state index in [0.717, 1.165) is 0 Å². The summed E-state index contributed by atoms with van der Waals surface area (Å²) in [6.07, 6.45) is 7.47. The minimum absolute atomic E-state index is 0.0893. The second-order valence-corrected chi connectivity index (χ2v) is 7.42. The number of rotatable bonds is 1. The molecule has 1 fully saturated rings. The van der Waals surface area contributed by atoms with Gasteiger partial charge in [-0.1, -0.05) is 47.5 Å². The van der Waals surface area contributed by atoms with Gasteiger partial charge >= 0.3 is 0 Å². The maximum absolute atomic E-state index is 12.5. The first-order chi connectivity index (χ1) is 8.64. The summed E-state index contributed by atoms with van der Waals surface area (Å²) in [5, 5.41) is 0. The summed E-state index contributed by atoms with van der Waals surface area (Å²) in [4.78, 5) is 14.2. The number of ether oxygens (including phenoxy) is 1. The van der Waals surface area contributed by atoms with E-state index in [0.29, 0.717) is 6.54 Å². The van der Waals surface area contributed by atoms with Crippen molar-refractivity contribution in [1.82, 2.24) is 4.90 Å². The Morgan fingerprint density at radius 2 is 1.84 bits per heavy atom. The third-order valence-corrected chi connectivity index (χ3v) is 4.79. The highest BCUT2D eigenvalue weighted by Crippen LogP contribution is 2.53. The molecule has 1 aliphatic heterocycles. The van der Waals surface area contributed by atoms with E-state index < -0.39 is 9.75 Å². The Balaban J connectivity index is 2.39. The van der Waals surface area contributed by atoms with Crippen molar-refractivity contribution in [2.75, 3.05) is 13.7 Å². The molecular weight excluding hydrogens is 285 g/mol. The largest absolute Gasteiger partial charge is 0.373 e. The lowest BCUT2D eigenvalue weighted by molar-refractivity contribution is -0.132. The molecule has 0 atom stereocenters. The molecular formula is C14H19Cl2NO2. The fourth-order valence-corrected chi connectivity index (χ4v) is 3.04. The second kappa shape index (κ2) is 4.51. The molecule has 19 heavy (non-hydrogen) atoms. The number of hydrogen-bond donors (Lipinski definition) is 0. The summed E-state index contributed by atoms with van der Waals surface area (Å²) < 4.78 is 3.76. The predicted molar refractivity (Wildman–Crippen MR) is 77.4 cm³/mol. The molecule has 1 spiro atoms. The molecule has 1 saturated heterocycles. The summed E-state index contributed by atoms with van der Waals surface area (Å²) >= 11 is 12.8. The van der Waals surface area contributed by atoms with Crippen LogP contribution in [0.4, 0.5) is 0 Å². The van der Waals surface area contributed by atoms with Gasteiger partial charge in [-0.25, -0.2) is 0 Å². The molecule has 0 aromatic heterocycles. The molecule has 0 N–H and O–H groups in total. The van der Waals surface area contributed by atoms with E-state index in [-0.39, 0.29) is 17.6 Å². The molecule has 0 unspecified atom stereocenters. The van der Waals surface area contributed by atoms with Crippen LogP contribution in [-0.2, 0) is 9.53 Å². The van der Waals surface area contributed by atoms with Crippen LogP contribution in [0.5, 0.6) is 0 Å². The van der Waals surface area contributed by atoms with E-state index in [1.165, 1.54) is 0 Å². The lowest BCUT2D eigenvalue weighted by Crippen LogP contribution is -2.44. The highest BCUT2D eigenvalue weighted by atomic mass is 35.5. The average Bonchev–Trinajstić information content (AvgIpc) is 2.52. The van der Waals surface area contributed by atoms with Crippen molar-refractivity contribution >= 4 is 29.1 Å². The average molecular weight is 304 g/mol. The van der Waals surface area contributed by atoms with Crippen LogP contribution in [0.25, 0.3) is 0 Å². The Bertz CT molecular complexity index is 435. The number of likely N-dealkylation sites (tertiary alicyclic amines) is 1. The van der Waals surface area contributed by atoms with Gasteiger partial charge in [-0.15, -0.1) is 0 Å². The molecule has 3 nitrogen and oxygen atoms in total. The SMILES string of the molecule is COC1C=CC2(C=C1)CN(C(C)(C)C)C(=O)C2(Cl)Cl. The summed E-state index contributed by atoms with van der Waals surface area (Å²) in [5.41, 5.74) is -0.995. The van der Waals surface area contributed by atoms with Crippen molar-refractivity contribution in [2.45, 2.75) is 36.7 Å². The first-order valence-electron chi connectivity index (χ1n) is 6.25. The van der Waals surface area contributed by atoms with E-state index in [2.05, 4.69) is 0 Å². The van der Waals surface area contributed by atoms with Gasteiger partial charge in [0.05, 0.1) is 11.5 Å². The van der Waals surface area contributed by atoms with Gasteiger partial charge < -0.3 is 9.64 Å². The minimum atomic E-state index is -1.47. The monoisotopic (exact) mass is 303 g/mol. The molecule has 0 radical (unpaired) electrons. The summed E-state index contributed by atoms with van der Waals surface area (Å²) in [6, 6.07) is 0. The first-order valence-corrected chi connectivity index (χ1v) is 7.01. The van der Waals surface area contributed by atoms with Crippen LogP contribution in [0.1, 0.15) is 20.8 Å². The van der Waals surface area contributed by atoms with E-state index >= 15 is 0 Å². The normalized spacial score (nSPS) is 33.5. The Morgan fingerprint density at radius 3 is 2.21 bits per heavy atom. The number of amides is 1. The van der Waals surface area contributed by atoms with Gasteiger partial charge in [-0.2, -0.15) is 0 Å². The molecule has 0 bridgehead atoms. The Labute approximate surface area is 124 Å². The van der Waals surface area contributed by atoms with E-state index in [1.54, 1.807) is 12.0 Å². The van der Waals surface area contributed by atoms with E-state index in [4.69, 9.17) is 27.9 Å². The van der Waals surface area contributed by atoms with Crippen LogP contribution in [0.2, 0.25) is 0 Å². The van der Waals surface area contributed by atoms with Crippen molar-refractivity contribution in [3.63, 3.8) is 0 Å². The fraction of sp³-hybridized carbons (Fsp3) is 0.643. The molecule has 5 heteroatoms. The lowest BCUT2D eigenvalue weighted by Gasteiger charge is -2.34. The van der Waals surface area contributed by atoms with Crippen molar-refractivity contribution in [3.8, 4) is 0 Å². The molecule has 0 aromatic carbocycles. The maximum atomic E-state index is 12.5. The molecule has 2 aliphatic rings. The van der Waals surface area contributed by atoms with Gasteiger partial charge in [0.2, 0.25) is 4.33 Å². The highest BCUT2D eigenvalue weighted by Gasteiger charge is 2.62. The zero-order chi connectivity index (χ0) is 14.5. The van der Waals surface area contributed by atoms with Crippen LogP contribution in [0, 0.1) is 5.41 Å². The van der Waals surface area contributed by atoms with Crippen molar-refractivity contribution in [3.05, 3.63) is 24.3 Å². The zero-order valence-electron chi connectivity index (χ0n) is 11.6. The van der Waals surface area contributed by atoms with E-state index in [1.807, 2.05) is 45.1 Å². The second-order valence-electron chi connectivity index (χ2n) is 6.10. The number of methoxy groups -OCH3 is 1. The maximum Gasteiger partial charge on any atom is 0.260 e. The molecule has 2 rings (SSSR count). The fourth-order valence-electron chi connectivity index (χ4n) is 2.47. The standard InChI is InChI=1S/C14H19Cl2NO2/c1-12(2,3)17-9-13(14(15,16)11(17)18)7-5-10(19-4)6-8-13/h5-8,10H,9H2,1-4H3. The molecule has 1 aliphatic carbocycles. The third kappa shape index (κ3) is 2.22. The summed E-state index contributed by atoms with van der Waals surface area (Å²) in [6.45, 7) is 6.40. The smallest absolute Gasteiger partial charge is 0.260 e. The number of hydrogen-bond acceptors (Lipinski definition) is 2. The first kappa shape index (κ1) is 14.9. The quantitative estimate of drug-likeness (QED) is 0.550. The molecule has 0 saturated carbocycles. The van der Waals surface area contributed by atoms with Crippen LogP contribution >= 0.6 is 23.2 Å². The van der Waals surface area contributed by atoms with Gasteiger partial charge in [0.15, 0.2) is 0 Å². The van der Waals surface area contributed by atoms with Gasteiger partial charge in [0.1, 0.15) is 0 Å². The topological polar surface area (TPSA) is 29.5 Å². The molecule has 0 aromatic rings. The van der Waals surface area contributed by atoms with Gasteiger partial charge in [0.25, 0.3) is 5.91 Å². The third-order valence-electron chi connectivity index (χ3n) is 3.77. The Kier molecular flexibility index (Phi) is 3.53. The van der Waals surface area contributed by atoms with Crippen LogP contribution in [-0.4, -0.2) is 40.4 Å². The molecule has 1 heterocycles. The lowest BCUT2D eigenvalue weighted by atomic mass is 9.81. The van der Waals surface area contributed by atoms with Gasteiger partial charge in [-0.3, -0.25) is 4.79 Å². The number of halogens is 2. The highest BCUT2D eigenvalue weighted by molar-refractivity contribution is 6.59. The zero-order valence-corrected chi connectivity index (χ0v) is 13.1. The molecule has 1 amide bonds. The van der Waals surface area contributed by atoms with Crippen molar-refractivity contribution in [2.24, 2.45) is 5.41 Å². The van der Waals surface area contributed by atoms with Crippen molar-refractivity contribution < 1.29 is 9.53 Å². The summed E-state index contributed by atoms with van der Waals surface area (Å²) in [5.74, 6) is -0.242. The number of nitrogens with zero attached hydrogens (tertiary/aromatic N) is 1. The number of carbonyl (C=O) groups excluding carboxylic acids is 1. The number of carbonyl (C=O) groups is 1. The Hall–Kier alpha value is -0.510. The van der Waals surface area contributed by atoms with Crippen LogP contribution in [0.3, 0.4) is 0 Å². The predicted octanol–water partition coefficient (Wildman–Crippen LogP) is 2.93. The van der Waals surface area contributed by atoms with Crippen LogP contribution < -0.4 is 0 Å². The Morgan fingerprint density at radius 1 is 1.32 bits per heavy atom. The van der Waals surface area contributed by atoms with E-state index in [9.17, 15) is 4.79 Å². The molecule has 106 valence electrons. The number of alkyl halides is 2. The van der Waals surface area contributed by atoms with Crippen LogP contribution in [0.15, 0.2) is 24.3 Å². The van der Waals surface area contributed by atoms with Gasteiger partial charge in [-0.05, 0) is 20.8 Å². The minimum Gasteiger partial charge on any atom is -0.373 e. The van der Waals surface area contributed by atoms with Gasteiger partial charge in [0, 0.05) is 19.2 Å². The summed E-state index contributed by atoms with van der Waals surface area (Å²) in [7, 11) is 1.63.